The second-order valence-corrected chi connectivity index (χ2v) is 9.96. The van der Waals surface area contributed by atoms with Gasteiger partial charge < -0.3 is 0 Å². The summed E-state index contributed by atoms with van der Waals surface area (Å²) in [7, 11) is -13.1. The monoisotopic (exact) mass is 390 g/mol. The molecule has 0 aromatic rings. The average Bonchev–Trinajstić information content (AvgIpc) is 2.97. The normalized spacial score (nSPS) is 25.4. The molecular formula is C11H16F6O4S2. The van der Waals surface area contributed by atoms with E-state index in [-0.39, 0.29) is 25.7 Å². The third-order valence-corrected chi connectivity index (χ3v) is 9.49. The first-order valence-electron chi connectivity index (χ1n) is 6.76. The van der Waals surface area contributed by atoms with Crippen LogP contribution in [0.5, 0.6) is 0 Å². The minimum atomic E-state index is -6.56. The van der Waals surface area contributed by atoms with Crippen LogP contribution in [0.1, 0.15) is 39.5 Å². The van der Waals surface area contributed by atoms with Crippen LogP contribution in [0.3, 0.4) is 0 Å². The number of sulfone groups is 2. The molecule has 0 bridgehead atoms. The molecule has 0 radical (unpaired) electrons. The molecule has 1 rings (SSSR count). The molecule has 23 heavy (non-hydrogen) atoms. The van der Waals surface area contributed by atoms with Gasteiger partial charge in [-0.15, -0.1) is 0 Å². The van der Waals surface area contributed by atoms with Gasteiger partial charge >= 0.3 is 11.0 Å². The average molecular weight is 390 g/mol. The Balaban J connectivity index is 3.73. The quantitative estimate of drug-likeness (QED) is 0.652. The van der Waals surface area contributed by atoms with Crippen LogP contribution in [0.4, 0.5) is 26.3 Å². The van der Waals surface area contributed by atoms with E-state index < -0.39 is 46.6 Å². The van der Waals surface area contributed by atoms with Crippen molar-refractivity contribution >= 4 is 19.7 Å². The predicted molar refractivity (Wildman–Crippen MR) is 69.5 cm³/mol. The van der Waals surface area contributed by atoms with Crippen LogP contribution in [0.15, 0.2) is 0 Å². The number of halogens is 6. The molecule has 1 aliphatic carbocycles. The molecule has 0 aromatic carbocycles. The molecule has 4 nitrogen and oxygen atoms in total. The van der Waals surface area contributed by atoms with Crippen LogP contribution < -0.4 is 0 Å². The third-order valence-electron chi connectivity index (χ3n) is 4.06. The highest BCUT2D eigenvalue weighted by molar-refractivity contribution is 8.11. The smallest absolute Gasteiger partial charge is 0.218 e. The van der Waals surface area contributed by atoms with Crippen molar-refractivity contribution in [3.63, 3.8) is 0 Å². The highest BCUT2D eigenvalue weighted by Crippen LogP contribution is 2.68. The Morgan fingerprint density at radius 2 is 1.00 bits per heavy atom. The molecule has 0 heterocycles. The summed E-state index contributed by atoms with van der Waals surface area (Å²) in [6.07, 6.45) is -0.578. The van der Waals surface area contributed by atoms with Crippen LogP contribution in [0.25, 0.3) is 0 Å². The molecule has 1 saturated carbocycles. The maximum Gasteiger partial charge on any atom is 0.498 e. The van der Waals surface area contributed by atoms with Gasteiger partial charge in [-0.3, -0.25) is 0 Å². The second kappa shape index (κ2) is 5.78. The summed E-state index contributed by atoms with van der Waals surface area (Å²) in [6, 6.07) is 0. The van der Waals surface area contributed by atoms with Crippen LogP contribution >= 0.6 is 0 Å². The molecule has 138 valence electrons. The molecule has 2 atom stereocenters. The van der Waals surface area contributed by atoms with Crippen LogP contribution in [0.2, 0.25) is 0 Å². The summed E-state index contributed by atoms with van der Waals surface area (Å²) in [5.74, 6) is -3.43. The summed E-state index contributed by atoms with van der Waals surface area (Å²) in [5.41, 5.74) is -12.2. The van der Waals surface area contributed by atoms with Crippen molar-refractivity contribution in [2.45, 2.75) is 54.6 Å². The number of rotatable bonds is 6. The van der Waals surface area contributed by atoms with E-state index in [0.29, 0.717) is 0 Å². The molecule has 1 fully saturated rings. The molecule has 0 aliphatic heterocycles. The summed E-state index contributed by atoms with van der Waals surface area (Å²) < 4.78 is 121. The largest absolute Gasteiger partial charge is 0.498 e. The molecule has 0 unspecified atom stereocenters. The van der Waals surface area contributed by atoms with E-state index in [1.54, 1.807) is 0 Å². The van der Waals surface area contributed by atoms with Crippen LogP contribution in [0, 0.1) is 11.8 Å². The highest BCUT2D eigenvalue weighted by Gasteiger charge is 2.87. The zero-order valence-corrected chi connectivity index (χ0v) is 13.8. The lowest BCUT2D eigenvalue weighted by Gasteiger charge is -2.22. The van der Waals surface area contributed by atoms with Gasteiger partial charge in [0.25, 0.3) is 19.7 Å². The number of hydrogen-bond donors (Lipinski definition) is 0. The number of hydrogen-bond acceptors (Lipinski definition) is 4. The van der Waals surface area contributed by atoms with Crippen LogP contribution in [-0.4, -0.2) is 31.9 Å². The van der Waals surface area contributed by atoms with Crippen molar-refractivity contribution in [3.05, 3.63) is 0 Å². The lowest BCUT2D eigenvalue weighted by atomic mass is 10.1. The molecular weight excluding hydrogens is 374 g/mol. The third kappa shape index (κ3) is 2.65. The fraction of sp³-hybridized carbons (Fsp3) is 1.00. The fourth-order valence-electron chi connectivity index (χ4n) is 3.21. The van der Waals surface area contributed by atoms with Crippen molar-refractivity contribution < 1.29 is 43.2 Å². The Hall–Kier alpha value is -0.520. The first-order chi connectivity index (χ1) is 10.1. The van der Waals surface area contributed by atoms with Gasteiger partial charge in [0.15, 0.2) is 4.08 Å². The topological polar surface area (TPSA) is 68.3 Å². The maximum absolute atomic E-state index is 12.9. The Bertz CT molecular complexity index is 589. The van der Waals surface area contributed by atoms with E-state index in [1.165, 1.54) is 13.8 Å². The minimum Gasteiger partial charge on any atom is -0.218 e. The van der Waals surface area contributed by atoms with Gasteiger partial charge in [-0.25, -0.2) is 16.8 Å². The lowest BCUT2D eigenvalue weighted by molar-refractivity contribution is -0.0480. The lowest BCUT2D eigenvalue weighted by Crippen LogP contribution is -2.49. The standard InChI is InChI=1S/C11H16F6O4S2/c1-3-5-7-8(6-4-2)9(7,22(18,19)10(12,13)14)23(20,21)11(15,16)17/h7-8H,3-6H2,1-2H3/t7-,8+. The van der Waals surface area contributed by atoms with Crippen molar-refractivity contribution in [2.75, 3.05) is 0 Å². The van der Waals surface area contributed by atoms with Gasteiger partial charge in [0, 0.05) is 0 Å². The molecule has 0 amide bonds. The molecule has 0 spiro atoms. The number of alkyl halides is 6. The second-order valence-electron chi connectivity index (χ2n) is 5.41. The fourth-order valence-corrected chi connectivity index (χ4v) is 8.24. The molecule has 12 heteroatoms. The first kappa shape index (κ1) is 20.5. The van der Waals surface area contributed by atoms with Crippen molar-refractivity contribution in [2.24, 2.45) is 11.8 Å². The Morgan fingerprint density at radius 1 is 0.739 bits per heavy atom. The highest BCUT2D eigenvalue weighted by atomic mass is 32.3. The zero-order chi connectivity index (χ0) is 18.5. The van der Waals surface area contributed by atoms with Crippen molar-refractivity contribution in [1.82, 2.24) is 0 Å². The zero-order valence-electron chi connectivity index (χ0n) is 12.2. The molecule has 0 N–H and O–H groups in total. The van der Waals surface area contributed by atoms with Gasteiger partial charge in [-0.2, -0.15) is 26.3 Å². The van der Waals surface area contributed by atoms with Crippen molar-refractivity contribution in [3.8, 4) is 0 Å². The van der Waals surface area contributed by atoms with Gasteiger partial charge in [0.2, 0.25) is 0 Å². The van der Waals surface area contributed by atoms with E-state index in [2.05, 4.69) is 0 Å². The predicted octanol–water partition coefficient (Wildman–Crippen LogP) is 3.40. The Labute approximate surface area is 130 Å². The van der Waals surface area contributed by atoms with Crippen molar-refractivity contribution in [1.29, 1.82) is 0 Å². The van der Waals surface area contributed by atoms with Gasteiger partial charge in [-0.05, 0) is 24.7 Å². The summed E-state index contributed by atoms with van der Waals surface area (Å²) >= 11 is 0. The van der Waals surface area contributed by atoms with Gasteiger partial charge in [0.05, 0.1) is 0 Å². The summed E-state index contributed by atoms with van der Waals surface area (Å²) in [4.78, 5) is 0. The van der Waals surface area contributed by atoms with E-state index in [0.717, 1.165) is 0 Å². The Morgan fingerprint density at radius 3 is 1.17 bits per heavy atom. The van der Waals surface area contributed by atoms with E-state index >= 15 is 0 Å². The van der Waals surface area contributed by atoms with E-state index in [1.807, 2.05) is 0 Å². The van der Waals surface area contributed by atoms with E-state index in [9.17, 15) is 43.2 Å². The molecule has 0 aromatic heterocycles. The SMILES string of the molecule is CCC[C@@H]1[C@H](CCC)C1(S(=O)(=O)C(F)(F)F)S(=O)(=O)C(F)(F)F. The van der Waals surface area contributed by atoms with E-state index in [4.69, 9.17) is 0 Å². The molecule has 0 saturated heterocycles. The van der Waals surface area contributed by atoms with Crippen LogP contribution in [-0.2, 0) is 19.7 Å². The summed E-state index contributed by atoms with van der Waals surface area (Å²) in [5, 5.41) is 0. The Kier molecular flexibility index (Phi) is 5.16. The maximum atomic E-state index is 12.9. The first-order valence-corrected chi connectivity index (χ1v) is 9.72. The van der Waals surface area contributed by atoms with Gasteiger partial charge in [0.1, 0.15) is 0 Å². The van der Waals surface area contributed by atoms with Gasteiger partial charge in [-0.1, -0.05) is 26.7 Å². The molecule has 1 aliphatic rings. The summed E-state index contributed by atoms with van der Waals surface area (Å²) in [6.45, 7) is 2.85. The minimum absolute atomic E-state index is 0.0629.